The van der Waals surface area contributed by atoms with Crippen LogP contribution in [0, 0.1) is 12.8 Å². The average molecular weight is 370 g/mol. The van der Waals surface area contributed by atoms with E-state index < -0.39 is 5.60 Å². The van der Waals surface area contributed by atoms with Gasteiger partial charge in [0, 0.05) is 31.8 Å². The second-order valence-electron chi connectivity index (χ2n) is 7.95. The molecule has 1 saturated heterocycles. The quantitative estimate of drug-likeness (QED) is 0.826. The number of nitrogens with zero attached hydrogens (tertiary/aromatic N) is 4. The monoisotopic (exact) mass is 370 g/mol. The van der Waals surface area contributed by atoms with Gasteiger partial charge in [-0.3, -0.25) is 4.79 Å². The number of ether oxygens (including phenoxy) is 1. The third-order valence-electron chi connectivity index (χ3n) is 5.41. The first-order valence-corrected chi connectivity index (χ1v) is 9.69. The van der Waals surface area contributed by atoms with Crippen molar-refractivity contribution in [2.45, 2.75) is 52.1 Å². The normalized spacial score (nSPS) is 18.7. The molecule has 1 spiro atoms. The molecule has 0 radical (unpaired) electrons. The number of piperidine rings is 1. The highest BCUT2D eigenvalue weighted by Gasteiger charge is 2.43. The van der Waals surface area contributed by atoms with Gasteiger partial charge >= 0.3 is 0 Å². The molecule has 7 nitrogen and oxygen atoms in total. The Bertz CT molecular complexity index is 838. The minimum atomic E-state index is -0.398. The lowest BCUT2D eigenvalue weighted by Gasteiger charge is -2.43. The van der Waals surface area contributed by atoms with Crippen molar-refractivity contribution in [3.05, 3.63) is 40.8 Å². The molecule has 4 heterocycles. The smallest absolute Gasteiger partial charge is 0.276 e. The third kappa shape index (κ3) is 3.48. The summed E-state index contributed by atoms with van der Waals surface area (Å²) in [4.78, 5) is 23.7. The fourth-order valence-electron chi connectivity index (χ4n) is 4.02. The number of amides is 1. The minimum absolute atomic E-state index is 0.0708. The Balaban J connectivity index is 1.47. The van der Waals surface area contributed by atoms with Gasteiger partial charge in [0.15, 0.2) is 5.69 Å². The molecule has 0 saturated carbocycles. The minimum Gasteiger partial charge on any atom is -0.368 e. The van der Waals surface area contributed by atoms with E-state index >= 15 is 0 Å². The Kier molecular flexibility index (Phi) is 4.72. The van der Waals surface area contributed by atoms with Crippen LogP contribution in [0.1, 0.15) is 60.0 Å². The van der Waals surface area contributed by atoms with Gasteiger partial charge in [-0.25, -0.2) is 9.97 Å². The van der Waals surface area contributed by atoms with Crippen LogP contribution < -0.4 is 0 Å². The highest BCUT2D eigenvalue weighted by molar-refractivity contribution is 5.92. The van der Waals surface area contributed by atoms with Crippen LogP contribution in [0.25, 0.3) is 0 Å². The van der Waals surface area contributed by atoms with E-state index in [1.807, 2.05) is 18.0 Å². The van der Waals surface area contributed by atoms with E-state index in [1.165, 1.54) is 5.56 Å². The zero-order chi connectivity index (χ0) is 19.0. The summed E-state index contributed by atoms with van der Waals surface area (Å²) in [5.41, 5.74) is 2.17. The van der Waals surface area contributed by atoms with Crippen molar-refractivity contribution in [3.8, 4) is 0 Å². The Morgan fingerprint density at radius 1 is 1.33 bits per heavy atom. The molecule has 0 bridgehead atoms. The van der Waals surface area contributed by atoms with Crippen molar-refractivity contribution in [1.29, 1.82) is 0 Å². The van der Waals surface area contributed by atoms with Gasteiger partial charge in [0.25, 0.3) is 5.91 Å². The second-order valence-corrected chi connectivity index (χ2v) is 7.95. The van der Waals surface area contributed by atoms with Gasteiger partial charge in [-0.15, -0.1) is 0 Å². The van der Waals surface area contributed by atoms with Gasteiger partial charge < -0.3 is 14.2 Å². The number of rotatable bonds is 3. The van der Waals surface area contributed by atoms with Gasteiger partial charge in [-0.05, 0) is 37.7 Å². The van der Waals surface area contributed by atoms with E-state index in [-0.39, 0.29) is 5.91 Å². The molecule has 27 heavy (non-hydrogen) atoms. The lowest BCUT2D eigenvalue weighted by molar-refractivity contribution is -0.0969. The number of hydrogen-bond acceptors (Lipinski definition) is 6. The van der Waals surface area contributed by atoms with Crippen molar-refractivity contribution in [1.82, 2.24) is 20.0 Å². The molecule has 1 amide bonds. The molecule has 2 aliphatic rings. The number of aryl methyl sites for hydroxylation is 1. The van der Waals surface area contributed by atoms with E-state index in [4.69, 9.17) is 9.26 Å². The zero-order valence-electron chi connectivity index (χ0n) is 16.2. The van der Waals surface area contributed by atoms with Crippen molar-refractivity contribution in [3.63, 3.8) is 0 Å². The van der Waals surface area contributed by atoms with Gasteiger partial charge in [-0.1, -0.05) is 19.0 Å². The SMILES string of the molecule is Cc1ncc2c(n1)C1(CCN(C(=O)c3cc(CC(C)C)on3)CC1)OCC2. The molecule has 2 aromatic heterocycles. The van der Waals surface area contributed by atoms with Crippen LogP contribution >= 0.6 is 0 Å². The number of carbonyl (C=O) groups is 1. The Morgan fingerprint density at radius 3 is 2.85 bits per heavy atom. The predicted octanol–water partition coefficient (Wildman–Crippen LogP) is 2.68. The number of likely N-dealkylation sites (tertiary alicyclic amines) is 1. The van der Waals surface area contributed by atoms with Crippen molar-refractivity contribution >= 4 is 5.91 Å². The summed E-state index contributed by atoms with van der Waals surface area (Å²) in [5, 5.41) is 3.98. The molecule has 0 aliphatic carbocycles. The first kappa shape index (κ1) is 18.1. The molecule has 4 rings (SSSR count). The van der Waals surface area contributed by atoms with Gasteiger partial charge in [0.05, 0.1) is 12.3 Å². The summed E-state index contributed by atoms with van der Waals surface area (Å²) in [5.74, 6) is 1.92. The Hall–Kier alpha value is -2.28. The first-order valence-electron chi connectivity index (χ1n) is 9.69. The molecule has 1 fully saturated rings. The molecule has 7 heteroatoms. The molecule has 0 atom stereocenters. The van der Waals surface area contributed by atoms with Crippen LogP contribution in [-0.2, 0) is 23.2 Å². The van der Waals surface area contributed by atoms with E-state index in [9.17, 15) is 4.79 Å². The fourth-order valence-corrected chi connectivity index (χ4v) is 4.02. The lowest BCUT2D eigenvalue weighted by Crippen LogP contribution is -2.49. The van der Waals surface area contributed by atoms with Crippen LogP contribution in [0.3, 0.4) is 0 Å². The first-order chi connectivity index (χ1) is 13.0. The molecular formula is C20H26N4O3. The topological polar surface area (TPSA) is 81.4 Å². The summed E-state index contributed by atoms with van der Waals surface area (Å²) in [6.07, 6.45) is 5.02. The average Bonchev–Trinajstić information content (AvgIpc) is 3.10. The second kappa shape index (κ2) is 7.03. The van der Waals surface area contributed by atoms with Gasteiger partial charge in [0.1, 0.15) is 17.2 Å². The maximum Gasteiger partial charge on any atom is 0.276 e. The van der Waals surface area contributed by atoms with Crippen LogP contribution in [0.15, 0.2) is 16.8 Å². The maximum atomic E-state index is 12.8. The highest BCUT2D eigenvalue weighted by atomic mass is 16.5. The third-order valence-corrected chi connectivity index (χ3v) is 5.41. The Morgan fingerprint density at radius 2 is 2.11 bits per heavy atom. The van der Waals surface area contributed by atoms with Crippen molar-refractivity contribution in [2.24, 2.45) is 5.92 Å². The molecule has 2 aliphatic heterocycles. The molecule has 144 valence electrons. The molecule has 0 aromatic carbocycles. The lowest BCUT2D eigenvalue weighted by atomic mass is 9.83. The Labute approximate surface area is 159 Å². The summed E-state index contributed by atoms with van der Waals surface area (Å²) >= 11 is 0. The largest absolute Gasteiger partial charge is 0.368 e. The van der Waals surface area contributed by atoms with Gasteiger partial charge in [-0.2, -0.15) is 0 Å². The molecule has 0 unspecified atom stereocenters. The van der Waals surface area contributed by atoms with Crippen molar-refractivity contribution < 1.29 is 14.1 Å². The number of aromatic nitrogens is 3. The van der Waals surface area contributed by atoms with Crippen LogP contribution in [-0.4, -0.2) is 45.6 Å². The van der Waals surface area contributed by atoms with Crippen LogP contribution in [0.4, 0.5) is 0 Å². The summed E-state index contributed by atoms with van der Waals surface area (Å²) < 4.78 is 11.5. The predicted molar refractivity (Wildman–Crippen MR) is 98.3 cm³/mol. The number of fused-ring (bicyclic) bond motifs is 2. The summed E-state index contributed by atoms with van der Waals surface area (Å²) in [6.45, 7) is 8.04. The summed E-state index contributed by atoms with van der Waals surface area (Å²) in [7, 11) is 0. The van der Waals surface area contributed by atoms with Gasteiger partial charge in [0.2, 0.25) is 0 Å². The van der Waals surface area contributed by atoms with E-state index in [2.05, 4.69) is 29.0 Å². The molecular weight excluding hydrogens is 344 g/mol. The van der Waals surface area contributed by atoms with E-state index in [0.29, 0.717) is 31.3 Å². The van der Waals surface area contributed by atoms with Crippen molar-refractivity contribution in [2.75, 3.05) is 19.7 Å². The maximum absolute atomic E-state index is 12.8. The van der Waals surface area contributed by atoms with E-state index in [0.717, 1.165) is 43.0 Å². The number of hydrogen-bond donors (Lipinski definition) is 0. The number of carbonyl (C=O) groups excluding carboxylic acids is 1. The fraction of sp³-hybridized carbons (Fsp3) is 0.600. The van der Waals surface area contributed by atoms with Crippen LogP contribution in [0.2, 0.25) is 0 Å². The molecule has 0 N–H and O–H groups in total. The standard InChI is InChI=1S/C20H26N4O3/c1-13(2)10-16-11-17(23-27-16)19(25)24-7-5-20(6-8-24)18-15(4-9-26-20)12-21-14(3)22-18/h11-13H,4-10H2,1-3H3. The highest BCUT2D eigenvalue weighted by Crippen LogP contribution is 2.40. The zero-order valence-corrected chi connectivity index (χ0v) is 16.2. The molecule has 2 aromatic rings. The summed E-state index contributed by atoms with van der Waals surface area (Å²) in [6, 6.07) is 1.77. The van der Waals surface area contributed by atoms with E-state index in [1.54, 1.807) is 6.07 Å². The van der Waals surface area contributed by atoms with Crippen LogP contribution in [0.5, 0.6) is 0 Å².